The third-order valence-corrected chi connectivity index (χ3v) is 1.25. The number of amides is 1. The molecule has 1 atom stereocenters. The SMILES string of the molecule is C[C@H](N)C(=O)NCP(O)O. The lowest BCUT2D eigenvalue weighted by atomic mass is 10.3. The van der Waals surface area contributed by atoms with E-state index < -0.39 is 14.4 Å². The summed E-state index contributed by atoms with van der Waals surface area (Å²) >= 11 is 0. The van der Waals surface area contributed by atoms with Crippen molar-refractivity contribution in [1.82, 2.24) is 5.32 Å². The van der Waals surface area contributed by atoms with Crippen molar-refractivity contribution < 1.29 is 14.6 Å². The van der Waals surface area contributed by atoms with Gasteiger partial charge in [0, 0.05) is 0 Å². The maximum atomic E-state index is 10.6. The minimum atomic E-state index is -2.05. The minimum absolute atomic E-state index is 0.115. The van der Waals surface area contributed by atoms with Crippen LogP contribution in [0.3, 0.4) is 0 Å². The molecule has 0 heterocycles. The molecule has 0 aliphatic heterocycles. The molecule has 0 bridgehead atoms. The lowest BCUT2D eigenvalue weighted by Crippen LogP contribution is -2.38. The average molecular weight is 166 g/mol. The molecule has 0 aromatic rings. The summed E-state index contributed by atoms with van der Waals surface area (Å²) in [5.41, 5.74) is 5.15. The largest absolute Gasteiger partial charge is 0.349 e. The highest BCUT2D eigenvalue weighted by Gasteiger charge is 2.07. The van der Waals surface area contributed by atoms with Crippen LogP contribution in [0.15, 0.2) is 0 Å². The van der Waals surface area contributed by atoms with E-state index in [1.54, 1.807) is 0 Å². The molecule has 60 valence electrons. The van der Waals surface area contributed by atoms with Crippen molar-refractivity contribution in [2.75, 3.05) is 6.29 Å². The van der Waals surface area contributed by atoms with E-state index in [0.29, 0.717) is 0 Å². The fourth-order valence-corrected chi connectivity index (χ4v) is 0.607. The van der Waals surface area contributed by atoms with Gasteiger partial charge in [0.2, 0.25) is 5.91 Å². The fourth-order valence-electron chi connectivity index (χ4n) is 0.310. The Bertz CT molecular complexity index is 117. The molecule has 0 spiro atoms. The number of rotatable bonds is 3. The summed E-state index contributed by atoms with van der Waals surface area (Å²) in [5.74, 6) is -0.379. The van der Waals surface area contributed by atoms with Crippen molar-refractivity contribution in [1.29, 1.82) is 0 Å². The molecule has 10 heavy (non-hydrogen) atoms. The molecule has 0 aromatic heterocycles. The lowest BCUT2D eigenvalue weighted by molar-refractivity contribution is -0.121. The summed E-state index contributed by atoms with van der Waals surface area (Å²) in [6, 6.07) is -0.602. The Morgan fingerprint density at radius 1 is 1.80 bits per heavy atom. The molecule has 5 N–H and O–H groups in total. The van der Waals surface area contributed by atoms with Gasteiger partial charge >= 0.3 is 0 Å². The van der Waals surface area contributed by atoms with Crippen LogP contribution in [0.1, 0.15) is 6.92 Å². The van der Waals surface area contributed by atoms with E-state index in [0.717, 1.165) is 0 Å². The van der Waals surface area contributed by atoms with Gasteiger partial charge in [-0.3, -0.25) is 4.79 Å². The molecular formula is C4H11N2O3P. The zero-order valence-electron chi connectivity index (χ0n) is 5.61. The molecular weight excluding hydrogens is 155 g/mol. The van der Waals surface area contributed by atoms with Gasteiger partial charge in [0.25, 0.3) is 0 Å². The smallest absolute Gasteiger partial charge is 0.237 e. The van der Waals surface area contributed by atoms with Crippen LogP contribution in [0.5, 0.6) is 0 Å². The molecule has 1 amide bonds. The molecule has 0 aromatic carbocycles. The van der Waals surface area contributed by atoms with Crippen molar-refractivity contribution in [2.24, 2.45) is 5.73 Å². The molecule has 0 saturated carbocycles. The Morgan fingerprint density at radius 3 is 2.60 bits per heavy atom. The quantitative estimate of drug-likeness (QED) is 0.392. The van der Waals surface area contributed by atoms with Gasteiger partial charge in [-0.15, -0.1) is 0 Å². The molecule has 0 unspecified atom stereocenters. The van der Waals surface area contributed by atoms with Crippen molar-refractivity contribution in [2.45, 2.75) is 13.0 Å². The number of nitrogens with one attached hydrogen (secondary N) is 1. The highest BCUT2D eigenvalue weighted by atomic mass is 31.2. The monoisotopic (exact) mass is 166 g/mol. The molecule has 0 saturated heterocycles. The van der Waals surface area contributed by atoms with Crippen LogP contribution < -0.4 is 11.1 Å². The summed E-state index contributed by atoms with van der Waals surface area (Å²) in [4.78, 5) is 27.3. The minimum Gasteiger partial charge on any atom is -0.349 e. The van der Waals surface area contributed by atoms with Gasteiger partial charge in [-0.2, -0.15) is 0 Å². The van der Waals surface area contributed by atoms with Crippen LogP contribution in [0.25, 0.3) is 0 Å². The third-order valence-electron chi connectivity index (χ3n) is 0.808. The number of hydrogen-bond donors (Lipinski definition) is 4. The normalized spacial score (nSPS) is 13.3. The van der Waals surface area contributed by atoms with Crippen molar-refractivity contribution >= 4 is 14.3 Å². The van der Waals surface area contributed by atoms with Crippen molar-refractivity contribution in [3.05, 3.63) is 0 Å². The lowest BCUT2D eigenvalue weighted by Gasteiger charge is -2.07. The summed E-state index contributed by atoms with van der Waals surface area (Å²) in [6.07, 6.45) is -0.115. The third kappa shape index (κ3) is 4.64. The summed E-state index contributed by atoms with van der Waals surface area (Å²) < 4.78 is 0. The standard InChI is InChI=1S/C4H11N2O3P/c1-3(5)4(7)6-2-10(8)9/h3,8-9H,2,5H2,1H3,(H,6,7)/t3-/m0/s1. The van der Waals surface area contributed by atoms with Crippen LogP contribution in [0.2, 0.25) is 0 Å². The molecule has 6 heteroatoms. The van der Waals surface area contributed by atoms with Gasteiger partial charge < -0.3 is 20.8 Å². The summed E-state index contributed by atoms with van der Waals surface area (Å²) in [7, 11) is -2.05. The summed E-state index contributed by atoms with van der Waals surface area (Å²) in [6.45, 7) is 1.52. The zero-order valence-corrected chi connectivity index (χ0v) is 6.51. The Labute approximate surface area is 60.1 Å². The Balaban J connectivity index is 3.40. The van der Waals surface area contributed by atoms with Crippen LogP contribution in [-0.2, 0) is 4.79 Å². The second-order valence-electron chi connectivity index (χ2n) is 1.86. The van der Waals surface area contributed by atoms with Gasteiger partial charge in [0.1, 0.15) is 0 Å². The fraction of sp³-hybridized carbons (Fsp3) is 0.750. The highest BCUT2D eigenvalue weighted by molar-refractivity contribution is 7.45. The zero-order chi connectivity index (χ0) is 8.15. The molecule has 0 aliphatic carbocycles. The van der Waals surface area contributed by atoms with Crippen molar-refractivity contribution in [3.8, 4) is 0 Å². The average Bonchev–Trinajstić information content (AvgIpc) is 1.82. The van der Waals surface area contributed by atoms with E-state index in [1.807, 2.05) is 0 Å². The van der Waals surface area contributed by atoms with Crippen LogP contribution in [0.4, 0.5) is 0 Å². The second-order valence-corrected chi connectivity index (χ2v) is 2.92. The molecule has 0 radical (unpaired) electrons. The Morgan fingerprint density at radius 2 is 2.30 bits per heavy atom. The molecule has 0 rings (SSSR count). The second kappa shape index (κ2) is 4.57. The Kier molecular flexibility index (Phi) is 4.47. The van der Waals surface area contributed by atoms with Crippen LogP contribution >= 0.6 is 8.38 Å². The Hall–Kier alpha value is -0.220. The van der Waals surface area contributed by atoms with Gasteiger partial charge in [0.15, 0.2) is 8.38 Å². The molecule has 5 nitrogen and oxygen atoms in total. The van der Waals surface area contributed by atoms with E-state index in [1.165, 1.54) is 6.92 Å². The first-order valence-corrected chi connectivity index (χ1v) is 4.16. The molecule has 0 aliphatic rings. The van der Waals surface area contributed by atoms with Gasteiger partial charge in [0.05, 0.1) is 12.3 Å². The van der Waals surface area contributed by atoms with Crippen LogP contribution in [-0.4, -0.2) is 28.0 Å². The van der Waals surface area contributed by atoms with Crippen LogP contribution in [0, 0.1) is 0 Å². The van der Waals surface area contributed by atoms with E-state index in [4.69, 9.17) is 15.5 Å². The first kappa shape index (κ1) is 9.78. The first-order valence-electron chi connectivity index (χ1n) is 2.72. The van der Waals surface area contributed by atoms with Crippen molar-refractivity contribution in [3.63, 3.8) is 0 Å². The van der Waals surface area contributed by atoms with E-state index in [9.17, 15) is 4.79 Å². The predicted molar refractivity (Wildman–Crippen MR) is 38.0 cm³/mol. The maximum absolute atomic E-state index is 10.6. The van der Waals surface area contributed by atoms with E-state index in [-0.39, 0.29) is 12.2 Å². The van der Waals surface area contributed by atoms with Gasteiger partial charge in [-0.05, 0) is 6.92 Å². The van der Waals surface area contributed by atoms with E-state index in [2.05, 4.69) is 5.32 Å². The van der Waals surface area contributed by atoms with Gasteiger partial charge in [-0.25, -0.2) is 0 Å². The highest BCUT2D eigenvalue weighted by Crippen LogP contribution is 2.19. The number of nitrogens with two attached hydrogens (primary N) is 1. The topological polar surface area (TPSA) is 95.6 Å². The molecule has 0 fully saturated rings. The van der Waals surface area contributed by atoms with E-state index >= 15 is 0 Å². The van der Waals surface area contributed by atoms with Gasteiger partial charge in [-0.1, -0.05) is 0 Å². The first-order chi connectivity index (χ1) is 4.54. The predicted octanol–water partition coefficient (Wildman–Crippen LogP) is -1.30. The summed E-state index contributed by atoms with van der Waals surface area (Å²) in [5, 5.41) is 2.25. The number of carbonyl (C=O) groups is 1. The number of carbonyl (C=O) groups excluding carboxylic acids is 1. The number of hydrogen-bond acceptors (Lipinski definition) is 4. The maximum Gasteiger partial charge on any atom is 0.237 e.